The monoisotopic (exact) mass is 228 g/mol. The molecular formula is C12H12N4O. The summed E-state index contributed by atoms with van der Waals surface area (Å²) < 4.78 is 6.99. The summed E-state index contributed by atoms with van der Waals surface area (Å²) in [4.78, 5) is 7.43. The minimum Gasteiger partial charge on any atom is -0.479 e. The van der Waals surface area contributed by atoms with Crippen LogP contribution in [0.1, 0.15) is 0 Å². The van der Waals surface area contributed by atoms with Gasteiger partial charge in [0.2, 0.25) is 5.88 Å². The van der Waals surface area contributed by atoms with Crippen molar-refractivity contribution in [2.24, 2.45) is 7.05 Å². The number of aromatic amines is 1. The number of nitrogens with zero attached hydrogens (tertiary/aromatic N) is 3. The van der Waals surface area contributed by atoms with E-state index in [-0.39, 0.29) is 0 Å². The third-order valence-corrected chi connectivity index (χ3v) is 2.77. The van der Waals surface area contributed by atoms with Crippen LogP contribution in [0.3, 0.4) is 0 Å². The van der Waals surface area contributed by atoms with Gasteiger partial charge in [-0.25, -0.2) is 4.98 Å². The molecule has 3 heterocycles. The number of methoxy groups -OCH3 is 1. The molecule has 0 bridgehead atoms. The zero-order valence-corrected chi connectivity index (χ0v) is 9.64. The van der Waals surface area contributed by atoms with Gasteiger partial charge in [-0.1, -0.05) is 0 Å². The Morgan fingerprint density at radius 3 is 2.94 bits per heavy atom. The van der Waals surface area contributed by atoms with Crippen LogP contribution in [0.5, 0.6) is 5.88 Å². The van der Waals surface area contributed by atoms with Crippen molar-refractivity contribution in [3.05, 3.63) is 30.9 Å². The van der Waals surface area contributed by atoms with Gasteiger partial charge >= 0.3 is 0 Å². The van der Waals surface area contributed by atoms with Crippen molar-refractivity contribution >= 4 is 10.9 Å². The largest absolute Gasteiger partial charge is 0.479 e. The highest BCUT2D eigenvalue weighted by Gasteiger charge is 2.11. The van der Waals surface area contributed by atoms with E-state index in [1.807, 2.05) is 37.9 Å². The SMILES string of the molecule is COc1ncc(-c2cnn(C)c2)c2cc[nH]c12. The molecule has 3 aromatic rings. The number of aromatic nitrogens is 4. The van der Waals surface area contributed by atoms with Crippen LogP contribution in [0.4, 0.5) is 0 Å². The Morgan fingerprint density at radius 1 is 1.35 bits per heavy atom. The number of fused-ring (bicyclic) bond motifs is 1. The van der Waals surface area contributed by atoms with Crippen molar-refractivity contribution in [2.75, 3.05) is 7.11 Å². The summed E-state index contributed by atoms with van der Waals surface area (Å²) in [6.45, 7) is 0. The lowest BCUT2D eigenvalue weighted by Crippen LogP contribution is -1.90. The molecule has 0 aromatic carbocycles. The predicted octanol–water partition coefficient (Wildman–Crippen LogP) is 1.97. The van der Waals surface area contributed by atoms with Gasteiger partial charge in [-0.15, -0.1) is 0 Å². The van der Waals surface area contributed by atoms with E-state index in [4.69, 9.17) is 4.74 Å². The second kappa shape index (κ2) is 3.62. The van der Waals surface area contributed by atoms with Crippen LogP contribution in [0.15, 0.2) is 30.9 Å². The highest BCUT2D eigenvalue weighted by Crippen LogP contribution is 2.31. The third kappa shape index (κ3) is 1.47. The van der Waals surface area contributed by atoms with Crippen molar-refractivity contribution in [1.82, 2.24) is 19.7 Å². The lowest BCUT2D eigenvalue weighted by molar-refractivity contribution is 0.402. The fraction of sp³-hybridized carbons (Fsp3) is 0.167. The number of nitrogens with one attached hydrogen (secondary N) is 1. The van der Waals surface area contributed by atoms with Crippen LogP contribution in [-0.2, 0) is 7.05 Å². The molecule has 0 saturated carbocycles. The first kappa shape index (κ1) is 9.89. The quantitative estimate of drug-likeness (QED) is 0.729. The van der Waals surface area contributed by atoms with Crippen LogP contribution < -0.4 is 4.74 Å². The van der Waals surface area contributed by atoms with Crippen molar-refractivity contribution in [3.63, 3.8) is 0 Å². The lowest BCUT2D eigenvalue weighted by Gasteiger charge is -2.04. The van der Waals surface area contributed by atoms with Gasteiger partial charge in [0.15, 0.2) is 0 Å². The number of rotatable bonds is 2. The standard InChI is InChI=1S/C12H12N4O/c1-16-7-8(5-15-16)10-6-14-12(17-2)11-9(10)3-4-13-11/h3-7,13H,1-2H3. The highest BCUT2D eigenvalue weighted by atomic mass is 16.5. The Bertz CT molecular complexity index is 668. The molecular weight excluding hydrogens is 216 g/mol. The number of hydrogen-bond donors (Lipinski definition) is 1. The maximum absolute atomic E-state index is 5.22. The third-order valence-electron chi connectivity index (χ3n) is 2.77. The van der Waals surface area contributed by atoms with E-state index in [0.29, 0.717) is 5.88 Å². The van der Waals surface area contributed by atoms with E-state index >= 15 is 0 Å². The Balaban J connectivity index is 2.27. The summed E-state index contributed by atoms with van der Waals surface area (Å²) in [5.74, 6) is 0.609. The van der Waals surface area contributed by atoms with Gasteiger partial charge in [0.05, 0.1) is 13.3 Å². The highest BCUT2D eigenvalue weighted by molar-refractivity contribution is 5.96. The molecule has 0 saturated heterocycles. The second-order valence-corrected chi connectivity index (χ2v) is 3.85. The molecule has 0 amide bonds. The molecule has 0 aliphatic heterocycles. The molecule has 0 spiro atoms. The van der Waals surface area contributed by atoms with Gasteiger partial charge in [0, 0.05) is 42.2 Å². The van der Waals surface area contributed by atoms with Crippen molar-refractivity contribution in [2.45, 2.75) is 0 Å². The van der Waals surface area contributed by atoms with E-state index in [9.17, 15) is 0 Å². The molecule has 3 rings (SSSR count). The Morgan fingerprint density at radius 2 is 2.24 bits per heavy atom. The summed E-state index contributed by atoms with van der Waals surface area (Å²) in [5, 5.41) is 5.26. The number of H-pyrrole nitrogens is 1. The summed E-state index contributed by atoms with van der Waals surface area (Å²) >= 11 is 0. The first-order chi connectivity index (χ1) is 8.29. The van der Waals surface area contributed by atoms with Crippen LogP contribution in [0, 0.1) is 0 Å². The molecule has 5 heteroatoms. The molecule has 0 atom stereocenters. The van der Waals surface area contributed by atoms with Gasteiger partial charge in [-0.2, -0.15) is 5.10 Å². The van der Waals surface area contributed by atoms with Crippen LogP contribution in [-0.4, -0.2) is 26.9 Å². The Kier molecular flexibility index (Phi) is 2.11. The molecule has 0 aliphatic carbocycles. The smallest absolute Gasteiger partial charge is 0.238 e. The van der Waals surface area contributed by atoms with Gasteiger partial charge in [0.1, 0.15) is 5.52 Å². The fourth-order valence-corrected chi connectivity index (χ4v) is 1.97. The van der Waals surface area contributed by atoms with Crippen molar-refractivity contribution < 1.29 is 4.74 Å². The topological polar surface area (TPSA) is 55.7 Å². The summed E-state index contributed by atoms with van der Waals surface area (Å²) in [6.07, 6.45) is 7.49. The van der Waals surface area contributed by atoms with E-state index in [2.05, 4.69) is 15.1 Å². The minimum absolute atomic E-state index is 0.609. The van der Waals surface area contributed by atoms with E-state index in [0.717, 1.165) is 22.0 Å². The van der Waals surface area contributed by atoms with Crippen LogP contribution in [0.2, 0.25) is 0 Å². The molecule has 0 aliphatic rings. The molecule has 0 unspecified atom stereocenters. The average molecular weight is 228 g/mol. The number of aryl methyl sites for hydroxylation is 1. The van der Waals surface area contributed by atoms with E-state index in [1.54, 1.807) is 11.8 Å². The molecule has 3 aromatic heterocycles. The van der Waals surface area contributed by atoms with Crippen LogP contribution >= 0.6 is 0 Å². The zero-order chi connectivity index (χ0) is 11.8. The maximum atomic E-state index is 5.22. The number of pyridine rings is 1. The van der Waals surface area contributed by atoms with E-state index < -0.39 is 0 Å². The van der Waals surface area contributed by atoms with Gasteiger partial charge < -0.3 is 9.72 Å². The maximum Gasteiger partial charge on any atom is 0.238 e. The fourth-order valence-electron chi connectivity index (χ4n) is 1.97. The first-order valence-corrected chi connectivity index (χ1v) is 5.28. The number of ether oxygens (including phenoxy) is 1. The molecule has 0 fully saturated rings. The lowest BCUT2D eigenvalue weighted by atomic mass is 10.1. The predicted molar refractivity (Wildman–Crippen MR) is 64.8 cm³/mol. The van der Waals surface area contributed by atoms with Crippen molar-refractivity contribution in [3.8, 4) is 17.0 Å². The zero-order valence-electron chi connectivity index (χ0n) is 9.64. The number of hydrogen-bond acceptors (Lipinski definition) is 3. The average Bonchev–Trinajstić information content (AvgIpc) is 2.96. The second-order valence-electron chi connectivity index (χ2n) is 3.85. The van der Waals surface area contributed by atoms with Gasteiger partial charge in [-0.05, 0) is 6.07 Å². The van der Waals surface area contributed by atoms with E-state index in [1.165, 1.54) is 0 Å². The Labute approximate surface area is 98.0 Å². The normalized spacial score (nSPS) is 10.9. The summed E-state index contributed by atoms with van der Waals surface area (Å²) in [5.41, 5.74) is 3.01. The van der Waals surface area contributed by atoms with Crippen LogP contribution in [0.25, 0.3) is 22.0 Å². The summed E-state index contributed by atoms with van der Waals surface area (Å²) in [7, 11) is 3.52. The van der Waals surface area contributed by atoms with Gasteiger partial charge in [0.25, 0.3) is 0 Å². The molecule has 1 N–H and O–H groups in total. The summed E-state index contributed by atoms with van der Waals surface area (Å²) in [6, 6.07) is 2.02. The molecule has 86 valence electrons. The van der Waals surface area contributed by atoms with Gasteiger partial charge in [-0.3, -0.25) is 4.68 Å². The Hall–Kier alpha value is -2.30. The molecule has 5 nitrogen and oxygen atoms in total. The molecule has 17 heavy (non-hydrogen) atoms. The minimum atomic E-state index is 0.609. The first-order valence-electron chi connectivity index (χ1n) is 5.28. The molecule has 0 radical (unpaired) electrons. The van der Waals surface area contributed by atoms with Crippen molar-refractivity contribution in [1.29, 1.82) is 0 Å².